The average molecular weight is 712 g/mol. The molecule has 0 radical (unpaired) electrons. The van der Waals surface area contributed by atoms with Crippen LogP contribution in [0.25, 0.3) is 0 Å². The summed E-state index contributed by atoms with van der Waals surface area (Å²) in [5.74, 6) is -6.73. The third kappa shape index (κ3) is 9.36. The highest BCUT2D eigenvalue weighted by Gasteiger charge is 2.58. The van der Waals surface area contributed by atoms with E-state index < -0.39 is 134 Å². The Morgan fingerprint density at radius 2 is 1.06 bits per heavy atom. The Kier molecular flexibility index (Phi) is 13.7. The summed E-state index contributed by atoms with van der Waals surface area (Å²) < 4.78 is 38.7. The topological polar surface area (TPSA) is 324 Å². The minimum atomic E-state index is -2.21. The number of carbonyl (C=O) groups is 6. The Balaban J connectivity index is 2.07. The molecule has 3 fully saturated rings. The van der Waals surface area contributed by atoms with Crippen LogP contribution in [0.5, 0.6) is 0 Å². The number of ether oxygens (including phenoxy) is 7. The number of aliphatic hydroxyl groups excluding tert-OH is 4. The van der Waals surface area contributed by atoms with E-state index in [-0.39, 0.29) is 0 Å². The van der Waals surface area contributed by atoms with E-state index in [1.165, 1.54) is 0 Å². The Morgan fingerprint density at radius 1 is 0.612 bits per heavy atom. The molecule has 0 unspecified atom stereocenters. The van der Waals surface area contributed by atoms with Gasteiger partial charge in [-0.25, -0.2) is 9.59 Å². The predicted molar refractivity (Wildman–Crippen MR) is 151 cm³/mol. The van der Waals surface area contributed by atoms with Crippen molar-refractivity contribution < 1.29 is 92.6 Å². The van der Waals surface area contributed by atoms with Gasteiger partial charge in [0.25, 0.3) is 0 Å². The SMILES string of the molecule is CO[C@H]1O[C@@H](C(=O)O)[C@@H](OC(C)=O)[C@@H](O[C@@H]2O[C@H](C(=O)O)[C@@H](O[C@@H]3O[C@H](CO)[C@@H](O)[C@H](O)[C@H]3NC(C)=O)[C@H](O)[C@@H]2NC(C)=O)[C@@H]1NC(C)=O. The molecule has 9 N–H and O–H groups in total. The summed E-state index contributed by atoms with van der Waals surface area (Å²) in [7, 11) is 1.10. The van der Waals surface area contributed by atoms with Crippen LogP contribution >= 0.6 is 0 Å². The first kappa shape index (κ1) is 39.9. The summed E-state index contributed by atoms with van der Waals surface area (Å²) in [6, 6.07) is -4.79. The zero-order valence-electron chi connectivity index (χ0n) is 26.9. The molecule has 3 saturated heterocycles. The molecule has 3 aliphatic rings. The number of hydrogen-bond donors (Lipinski definition) is 9. The Bertz CT molecular complexity index is 1240. The van der Waals surface area contributed by atoms with Gasteiger partial charge >= 0.3 is 17.9 Å². The van der Waals surface area contributed by atoms with E-state index in [0.717, 1.165) is 34.8 Å². The smallest absolute Gasteiger partial charge is 0.336 e. The van der Waals surface area contributed by atoms with Crippen molar-refractivity contribution >= 4 is 35.6 Å². The van der Waals surface area contributed by atoms with Gasteiger partial charge < -0.3 is 79.7 Å². The fraction of sp³-hybridized carbons (Fsp3) is 0.778. The number of amides is 3. The van der Waals surface area contributed by atoms with Gasteiger partial charge in [-0.3, -0.25) is 19.2 Å². The van der Waals surface area contributed by atoms with E-state index >= 15 is 0 Å². The van der Waals surface area contributed by atoms with E-state index in [4.69, 9.17) is 33.2 Å². The third-order valence-electron chi connectivity index (χ3n) is 7.72. The van der Waals surface area contributed by atoms with Crippen LogP contribution in [0, 0.1) is 0 Å². The fourth-order valence-electron chi connectivity index (χ4n) is 5.71. The first-order valence-corrected chi connectivity index (χ1v) is 14.8. The minimum absolute atomic E-state index is 0.714. The second kappa shape index (κ2) is 16.9. The largest absolute Gasteiger partial charge is 0.479 e. The number of carboxylic acids is 2. The van der Waals surface area contributed by atoms with Crippen LogP contribution in [0.1, 0.15) is 27.7 Å². The van der Waals surface area contributed by atoms with Gasteiger partial charge in [-0.1, -0.05) is 0 Å². The number of aliphatic hydroxyl groups is 4. The first-order valence-electron chi connectivity index (χ1n) is 14.8. The predicted octanol–water partition coefficient (Wildman–Crippen LogP) is -5.73. The Labute approximate surface area is 277 Å². The van der Waals surface area contributed by atoms with Gasteiger partial charge in [-0.15, -0.1) is 0 Å². The molecule has 49 heavy (non-hydrogen) atoms. The van der Waals surface area contributed by atoms with Gasteiger partial charge in [0.2, 0.25) is 17.7 Å². The number of carbonyl (C=O) groups excluding carboxylic acids is 4. The molecule has 3 rings (SSSR count). The normalized spacial score (nSPS) is 39.2. The van der Waals surface area contributed by atoms with E-state index in [1.54, 1.807) is 0 Å². The van der Waals surface area contributed by atoms with Gasteiger partial charge in [-0.05, 0) is 0 Å². The van der Waals surface area contributed by atoms with Crippen molar-refractivity contribution in [3.8, 4) is 0 Å². The van der Waals surface area contributed by atoms with E-state index in [2.05, 4.69) is 16.0 Å². The van der Waals surface area contributed by atoms with Gasteiger partial charge in [0, 0.05) is 34.8 Å². The fourth-order valence-corrected chi connectivity index (χ4v) is 5.71. The molecule has 22 heteroatoms. The maximum Gasteiger partial charge on any atom is 0.336 e. The lowest BCUT2D eigenvalue weighted by Gasteiger charge is -2.49. The second-order valence-corrected chi connectivity index (χ2v) is 11.4. The highest BCUT2D eigenvalue weighted by molar-refractivity contribution is 5.76. The highest BCUT2D eigenvalue weighted by atomic mass is 16.7. The number of hydrogen-bond acceptors (Lipinski definition) is 17. The zero-order chi connectivity index (χ0) is 36.9. The molecule has 278 valence electrons. The lowest BCUT2D eigenvalue weighted by molar-refractivity contribution is -0.343. The van der Waals surface area contributed by atoms with Gasteiger partial charge in [0.15, 0.2) is 37.2 Å². The monoisotopic (exact) mass is 711 g/mol. The molecule has 22 nitrogen and oxygen atoms in total. The van der Waals surface area contributed by atoms with Gasteiger partial charge in [0.05, 0.1) is 6.61 Å². The summed E-state index contributed by atoms with van der Waals surface area (Å²) in [4.78, 5) is 73.1. The number of nitrogens with one attached hydrogen (secondary N) is 3. The standard InChI is InChI=1S/C27H41N3O19/c1-7(32)28-12-16(37)15(36)11(6-31)45-26(12)47-19-17(38)13(29-8(2)33)27(49-21(19)23(39)40)46-18-14(30-9(3)34)25(43-5)48-22(24(41)42)20(18)44-10(4)35/h11-22,25-27,31,36-38H,6H2,1-5H3,(H,28,32)(H,29,33)(H,30,34)(H,39,40)(H,41,42)/t11-,12-,13+,14+,15-,16-,17-,18+,19+,20+,21+,22-,25+,26+,27-/m1/s1. The van der Waals surface area contributed by atoms with Crippen molar-refractivity contribution in [2.75, 3.05) is 13.7 Å². The van der Waals surface area contributed by atoms with Crippen molar-refractivity contribution in [2.24, 2.45) is 0 Å². The van der Waals surface area contributed by atoms with E-state index in [1.807, 2.05) is 0 Å². The van der Waals surface area contributed by atoms with Crippen molar-refractivity contribution in [3.05, 3.63) is 0 Å². The van der Waals surface area contributed by atoms with Gasteiger partial charge in [0.1, 0.15) is 54.7 Å². The van der Waals surface area contributed by atoms with Crippen molar-refractivity contribution in [3.63, 3.8) is 0 Å². The van der Waals surface area contributed by atoms with Crippen molar-refractivity contribution in [2.45, 2.75) is 120 Å². The molecule has 3 aliphatic heterocycles. The zero-order valence-corrected chi connectivity index (χ0v) is 26.9. The minimum Gasteiger partial charge on any atom is -0.479 e. The third-order valence-corrected chi connectivity index (χ3v) is 7.72. The molecule has 0 spiro atoms. The van der Waals surface area contributed by atoms with Gasteiger partial charge in [-0.2, -0.15) is 0 Å². The summed E-state index contributed by atoms with van der Waals surface area (Å²) >= 11 is 0. The first-order chi connectivity index (χ1) is 22.9. The number of carboxylic acid groups (broad SMARTS) is 2. The number of aliphatic carboxylic acids is 2. The van der Waals surface area contributed by atoms with Crippen LogP contribution in [0.4, 0.5) is 0 Å². The molecule has 0 aromatic heterocycles. The molecule has 3 amide bonds. The lowest BCUT2D eigenvalue weighted by Crippen LogP contribution is -2.72. The molecule has 0 saturated carbocycles. The number of rotatable bonds is 12. The van der Waals surface area contributed by atoms with E-state index in [9.17, 15) is 59.4 Å². The molecule has 0 aliphatic carbocycles. The van der Waals surface area contributed by atoms with Crippen LogP contribution in [-0.2, 0) is 61.9 Å². The Morgan fingerprint density at radius 3 is 1.53 bits per heavy atom. The maximum absolute atomic E-state index is 12.5. The van der Waals surface area contributed by atoms with Crippen LogP contribution in [0.15, 0.2) is 0 Å². The number of esters is 1. The summed E-state index contributed by atoms with van der Waals surface area (Å²) in [6.45, 7) is 3.23. The summed E-state index contributed by atoms with van der Waals surface area (Å²) in [6.07, 6.45) is -22.3. The lowest BCUT2D eigenvalue weighted by atomic mass is 9.93. The summed E-state index contributed by atoms with van der Waals surface area (Å²) in [5.41, 5.74) is 0. The molecule has 0 aromatic rings. The quantitative estimate of drug-likeness (QED) is 0.0852. The second-order valence-electron chi connectivity index (χ2n) is 11.4. The molecule has 3 heterocycles. The average Bonchev–Trinajstić information content (AvgIpc) is 2.99. The highest BCUT2D eigenvalue weighted by Crippen LogP contribution is 2.34. The molecular weight excluding hydrogens is 670 g/mol. The molecule has 15 atom stereocenters. The van der Waals surface area contributed by atoms with Crippen LogP contribution in [0.3, 0.4) is 0 Å². The van der Waals surface area contributed by atoms with Crippen LogP contribution in [-0.4, -0.2) is 172 Å². The van der Waals surface area contributed by atoms with Crippen LogP contribution in [0.2, 0.25) is 0 Å². The number of methoxy groups -OCH3 is 1. The van der Waals surface area contributed by atoms with E-state index in [0.29, 0.717) is 0 Å². The Hall–Kier alpha value is -3.58. The van der Waals surface area contributed by atoms with Crippen molar-refractivity contribution in [1.29, 1.82) is 0 Å². The molecule has 0 bridgehead atoms. The van der Waals surface area contributed by atoms with Crippen molar-refractivity contribution in [1.82, 2.24) is 16.0 Å². The summed E-state index contributed by atoms with van der Waals surface area (Å²) in [5, 5.41) is 69.2. The molecule has 0 aromatic carbocycles. The van der Waals surface area contributed by atoms with Crippen LogP contribution < -0.4 is 16.0 Å². The maximum atomic E-state index is 12.5. The molecular formula is C27H41N3O19.